The first-order valence-electron chi connectivity index (χ1n) is 5.14. The predicted octanol–water partition coefficient (Wildman–Crippen LogP) is 2.87. The minimum absolute atomic E-state index is 0.750. The van der Waals surface area contributed by atoms with E-state index in [4.69, 9.17) is 9.47 Å². The molecule has 80 valence electrons. The first kappa shape index (κ1) is 19.1. The normalized spacial score (nSPS) is 7.23. The molecule has 0 saturated heterocycles. The number of ether oxygens (including phenoxy) is 2. The van der Waals surface area contributed by atoms with Crippen molar-refractivity contribution in [2.75, 3.05) is 26.4 Å². The Morgan fingerprint density at radius 3 is 0.846 bits per heavy atom. The third kappa shape index (κ3) is 68.6. The topological polar surface area (TPSA) is 18.5 Å². The van der Waals surface area contributed by atoms with E-state index in [0.717, 1.165) is 41.6 Å². The molecule has 0 radical (unpaired) electrons. The van der Waals surface area contributed by atoms with E-state index in [1.807, 2.05) is 27.7 Å². The zero-order valence-electron chi connectivity index (χ0n) is 10.2. The average molecular weight is 205 g/mol. The zero-order chi connectivity index (χ0) is 10.9. The van der Waals surface area contributed by atoms with E-state index >= 15 is 0 Å². The fourth-order valence-corrected chi connectivity index (χ4v) is 0.408. The molecule has 3 heteroatoms. The van der Waals surface area contributed by atoms with Gasteiger partial charge in [-0.05, 0) is 27.7 Å². The third-order valence-corrected chi connectivity index (χ3v) is 0.816. The molecule has 0 aliphatic carbocycles. The Morgan fingerprint density at radius 2 is 0.846 bits per heavy atom. The van der Waals surface area contributed by atoms with Gasteiger partial charge in [-0.1, -0.05) is 0 Å². The van der Waals surface area contributed by atoms with Gasteiger partial charge >= 0.3 is 26.8 Å². The van der Waals surface area contributed by atoms with Gasteiger partial charge in [0.25, 0.3) is 0 Å². The van der Waals surface area contributed by atoms with Crippen molar-refractivity contribution in [3.8, 4) is 0 Å². The Balaban J connectivity index is -0.000000120. The molecular formula is C10H26AlO2+. The van der Waals surface area contributed by atoms with Gasteiger partial charge in [-0.2, -0.15) is 0 Å². The number of hydrogen-bond acceptors (Lipinski definition) is 2. The van der Waals surface area contributed by atoms with Crippen LogP contribution in [0.1, 0.15) is 27.7 Å². The van der Waals surface area contributed by atoms with Crippen molar-refractivity contribution in [2.24, 2.45) is 0 Å². The first-order valence-corrected chi connectivity index (χ1v) is 7.45. The van der Waals surface area contributed by atoms with Gasteiger partial charge in [-0.15, -0.1) is 0 Å². The summed E-state index contributed by atoms with van der Waals surface area (Å²) in [6.07, 6.45) is 0. The Labute approximate surface area is 90.7 Å². The maximum atomic E-state index is 4.83. The molecule has 0 bridgehead atoms. The van der Waals surface area contributed by atoms with Crippen LogP contribution in [0.5, 0.6) is 0 Å². The summed E-state index contributed by atoms with van der Waals surface area (Å²) in [6.45, 7) is 11.3. The summed E-state index contributed by atoms with van der Waals surface area (Å²) in [7, 11) is 0. The van der Waals surface area contributed by atoms with E-state index in [1.54, 1.807) is 0 Å². The maximum absolute atomic E-state index is 4.83. The van der Waals surface area contributed by atoms with Gasteiger partial charge in [-0.25, -0.2) is 0 Å². The van der Waals surface area contributed by atoms with Gasteiger partial charge in [0.15, 0.2) is 0 Å². The molecule has 0 heterocycles. The zero-order valence-corrected chi connectivity index (χ0v) is 11.4. The molecule has 0 unspecified atom stereocenters. The van der Waals surface area contributed by atoms with Crippen molar-refractivity contribution < 1.29 is 9.47 Å². The van der Waals surface area contributed by atoms with Crippen LogP contribution < -0.4 is 0 Å². The second kappa shape index (κ2) is 29.4. The van der Waals surface area contributed by atoms with Crippen molar-refractivity contribution in [1.82, 2.24) is 0 Å². The van der Waals surface area contributed by atoms with Crippen molar-refractivity contribution in [3.05, 3.63) is 0 Å². The van der Waals surface area contributed by atoms with E-state index < -0.39 is 0 Å². The van der Waals surface area contributed by atoms with Gasteiger partial charge in [0.2, 0.25) is 0 Å². The van der Waals surface area contributed by atoms with Crippen molar-refractivity contribution in [2.45, 2.75) is 39.3 Å². The summed E-state index contributed by atoms with van der Waals surface area (Å²) in [5, 5.41) is 0. The van der Waals surface area contributed by atoms with E-state index in [2.05, 4.69) is 11.6 Å². The summed E-state index contributed by atoms with van der Waals surface area (Å²) >= 11 is 0.750. The fourth-order valence-electron chi connectivity index (χ4n) is 0.408. The minimum atomic E-state index is 0.750. The summed E-state index contributed by atoms with van der Waals surface area (Å²) in [6, 6.07) is 0. The van der Waals surface area contributed by atoms with Gasteiger partial charge < -0.3 is 9.47 Å². The van der Waals surface area contributed by atoms with Crippen LogP contribution in [0.15, 0.2) is 0 Å². The van der Waals surface area contributed by atoms with E-state index in [-0.39, 0.29) is 0 Å². The molecule has 0 amide bonds. The van der Waals surface area contributed by atoms with Gasteiger partial charge in [0.05, 0.1) is 0 Å². The SMILES string of the molecule is CCOCC.CCOCC.[CH3][Al+][CH3]. The monoisotopic (exact) mass is 205 g/mol. The van der Waals surface area contributed by atoms with Gasteiger partial charge in [-0.3, -0.25) is 0 Å². The van der Waals surface area contributed by atoms with Crippen LogP contribution in [0.25, 0.3) is 0 Å². The standard InChI is InChI=1S/2C4H10O.2CH3.Al/c2*1-3-5-4-2;;;/h2*3-4H2,1-2H3;2*1H3;/q;;;;+1. The molecule has 0 aromatic carbocycles. The molecule has 0 fully saturated rings. The van der Waals surface area contributed by atoms with Crippen LogP contribution in [0.2, 0.25) is 11.6 Å². The Morgan fingerprint density at radius 1 is 0.692 bits per heavy atom. The quantitative estimate of drug-likeness (QED) is 0.657. The van der Waals surface area contributed by atoms with Crippen molar-refractivity contribution in [3.63, 3.8) is 0 Å². The third-order valence-electron chi connectivity index (χ3n) is 0.816. The van der Waals surface area contributed by atoms with E-state index in [0.29, 0.717) is 0 Å². The molecule has 0 N–H and O–H groups in total. The Bertz CT molecular complexity index is 42.2. The van der Waals surface area contributed by atoms with Crippen LogP contribution in [0.4, 0.5) is 0 Å². The summed E-state index contributed by atoms with van der Waals surface area (Å²) in [5.74, 6) is 4.42. The van der Waals surface area contributed by atoms with Gasteiger partial charge in [0.1, 0.15) is 0 Å². The Kier molecular flexibility index (Phi) is 43.2. The summed E-state index contributed by atoms with van der Waals surface area (Å²) in [5.41, 5.74) is 0. The molecule has 0 saturated carbocycles. The molecule has 0 aliphatic rings. The fraction of sp³-hybridized carbons (Fsp3) is 1.00. The molecule has 0 spiro atoms. The van der Waals surface area contributed by atoms with Gasteiger partial charge in [0, 0.05) is 26.4 Å². The summed E-state index contributed by atoms with van der Waals surface area (Å²) in [4.78, 5) is 0. The van der Waals surface area contributed by atoms with E-state index in [1.165, 1.54) is 0 Å². The van der Waals surface area contributed by atoms with Crippen molar-refractivity contribution >= 4 is 15.2 Å². The first-order chi connectivity index (χ1) is 6.24. The van der Waals surface area contributed by atoms with E-state index in [9.17, 15) is 0 Å². The Hall–Kier alpha value is 0.452. The van der Waals surface area contributed by atoms with Crippen LogP contribution in [0.3, 0.4) is 0 Å². The number of hydrogen-bond donors (Lipinski definition) is 0. The van der Waals surface area contributed by atoms with Crippen molar-refractivity contribution in [1.29, 1.82) is 0 Å². The molecule has 2 nitrogen and oxygen atoms in total. The molecular weight excluding hydrogens is 179 g/mol. The molecule has 0 aromatic heterocycles. The van der Waals surface area contributed by atoms with Crippen LogP contribution >= 0.6 is 0 Å². The van der Waals surface area contributed by atoms with Crippen LogP contribution in [-0.2, 0) is 9.47 Å². The second-order valence-corrected chi connectivity index (χ2v) is 3.29. The molecule has 13 heavy (non-hydrogen) atoms. The molecule has 0 aliphatic heterocycles. The van der Waals surface area contributed by atoms with Crippen LogP contribution in [0, 0.1) is 0 Å². The molecule has 0 atom stereocenters. The second-order valence-electron chi connectivity index (χ2n) is 2.14. The molecule has 0 rings (SSSR count). The summed E-state index contributed by atoms with van der Waals surface area (Å²) < 4.78 is 9.67. The van der Waals surface area contributed by atoms with Crippen LogP contribution in [-0.4, -0.2) is 41.6 Å². The average Bonchev–Trinajstić information content (AvgIpc) is 2.09. The predicted molar refractivity (Wildman–Crippen MR) is 61.8 cm³/mol. The molecule has 0 aromatic rings. The number of rotatable bonds is 4.